The molecule has 0 rings (SSSR count). The maximum Gasteiger partial charge on any atom is 0.392 e. The Balaban J connectivity index is 3.98. The molecule has 0 aliphatic rings. The van der Waals surface area contributed by atoms with Crippen LogP contribution in [0.4, 0.5) is 13.2 Å². The summed E-state index contributed by atoms with van der Waals surface area (Å²) in [6.07, 6.45) is -2.52. The standard InChI is InChI=1S/C11H15F3O2/c1-3-5-10(11(12,13)14)7-4-6-9(2)16-8-15/h3,8,10H,1-2,4-7H2/t10-/m0/s1. The molecule has 0 amide bonds. The Labute approximate surface area is 92.8 Å². The van der Waals surface area contributed by atoms with Crippen LogP contribution in [0, 0.1) is 5.92 Å². The first-order valence-corrected chi connectivity index (χ1v) is 4.87. The molecule has 0 saturated heterocycles. The predicted molar refractivity (Wildman–Crippen MR) is 54.5 cm³/mol. The van der Waals surface area contributed by atoms with E-state index in [9.17, 15) is 18.0 Å². The van der Waals surface area contributed by atoms with Gasteiger partial charge in [0, 0.05) is 6.42 Å². The van der Waals surface area contributed by atoms with E-state index < -0.39 is 12.1 Å². The molecule has 2 nitrogen and oxygen atoms in total. The fourth-order valence-electron chi connectivity index (χ4n) is 1.29. The third kappa shape index (κ3) is 6.27. The van der Waals surface area contributed by atoms with E-state index in [1.54, 1.807) is 0 Å². The molecule has 0 fully saturated rings. The summed E-state index contributed by atoms with van der Waals surface area (Å²) in [5, 5.41) is 0. The van der Waals surface area contributed by atoms with Crippen molar-refractivity contribution in [2.75, 3.05) is 0 Å². The molecule has 0 saturated carbocycles. The molecule has 5 heteroatoms. The molecule has 0 heterocycles. The minimum absolute atomic E-state index is 0.0171. The van der Waals surface area contributed by atoms with Crippen molar-refractivity contribution in [3.8, 4) is 0 Å². The molecule has 0 aromatic carbocycles. The fourth-order valence-corrected chi connectivity index (χ4v) is 1.29. The second-order valence-corrected chi connectivity index (χ2v) is 3.41. The van der Waals surface area contributed by atoms with Crippen LogP contribution >= 0.6 is 0 Å². The molecule has 0 bridgehead atoms. The van der Waals surface area contributed by atoms with E-state index in [2.05, 4.69) is 17.9 Å². The second-order valence-electron chi connectivity index (χ2n) is 3.41. The van der Waals surface area contributed by atoms with Gasteiger partial charge in [0.1, 0.15) is 5.76 Å². The molecule has 0 unspecified atom stereocenters. The maximum atomic E-state index is 12.4. The summed E-state index contributed by atoms with van der Waals surface area (Å²) < 4.78 is 41.7. The number of carbonyl (C=O) groups excluding carboxylic acids is 1. The monoisotopic (exact) mass is 236 g/mol. The summed E-state index contributed by atoms with van der Waals surface area (Å²) in [7, 11) is 0. The lowest BCUT2D eigenvalue weighted by molar-refractivity contribution is -0.175. The highest BCUT2D eigenvalue weighted by molar-refractivity contribution is 5.39. The topological polar surface area (TPSA) is 26.3 Å². The van der Waals surface area contributed by atoms with Gasteiger partial charge in [-0.25, -0.2) is 0 Å². The van der Waals surface area contributed by atoms with E-state index in [1.165, 1.54) is 6.08 Å². The normalized spacial score (nSPS) is 12.9. The van der Waals surface area contributed by atoms with Crippen LogP contribution in [0.5, 0.6) is 0 Å². The summed E-state index contributed by atoms with van der Waals surface area (Å²) in [5.41, 5.74) is 0. The van der Waals surface area contributed by atoms with Gasteiger partial charge < -0.3 is 4.74 Å². The lowest BCUT2D eigenvalue weighted by Crippen LogP contribution is -2.22. The van der Waals surface area contributed by atoms with Gasteiger partial charge in [-0.05, 0) is 19.3 Å². The molecule has 92 valence electrons. The molecule has 0 N–H and O–H groups in total. The van der Waals surface area contributed by atoms with Gasteiger partial charge in [-0.1, -0.05) is 12.7 Å². The zero-order valence-corrected chi connectivity index (χ0v) is 8.93. The van der Waals surface area contributed by atoms with Crippen LogP contribution in [-0.2, 0) is 9.53 Å². The molecule has 0 aromatic rings. The number of rotatable bonds is 8. The van der Waals surface area contributed by atoms with Crippen molar-refractivity contribution >= 4 is 6.47 Å². The maximum absolute atomic E-state index is 12.4. The summed E-state index contributed by atoms with van der Waals surface area (Å²) in [6.45, 7) is 6.91. The zero-order valence-electron chi connectivity index (χ0n) is 8.93. The average Bonchev–Trinajstić information content (AvgIpc) is 2.15. The van der Waals surface area contributed by atoms with E-state index in [1.807, 2.05) is 0 Å². The van der Waals surface area contributed by atoms with Crippen LogP contribution in [0.3, 0.4) is 0 Å². The molecule has 0 radical (unpaired) electrons. The van der Waals surface area contributed by atoms with Crippen molar-refractivity contribution in [2.24, 2.45) is 5.92 Å². The van der Waals surface area contributed by atoms with E-state index in [-0.39, 0.29) is 37.9 Å². The lowest BCUT2D eigenvalue weighted by atomic mass is 9.97. The van der Waals surface area contributed by atoms with Crippen molar-refractivity contribution in [1.82, 2.24) is 0 Å². The highest BCUT2D eigenvalue weighted by Gasteiger charge is 2.37. The zero-order chi connectivity index (χ0) is 12.6. The van der Waals surface area contributed by atoms with Gasteiger partial charge in [0.2, 0.25) is 0 Å². The number of alkyl halides is 3. The Morgan fingerprint density at radius 1 is 1.44 bits per heavy atom. The molecular weight excluding hydrogens is 221 g/mol. The van der Waals surface area contributed by atoms with Crippen LogP contribution in [0.15, 0.2) is 25.0 Å². The second kappa shape index (κ2) is 7.09. The van der Waals surface area contributed by atoms with Crippen LogP contribution in [0.1, 0.15) is 25.7 Å². The summed E-state index contributed by atoms with van der Waals surface area (Å²) in [6, 6.07) is 0. The number of halogens is 3. The Hall–Kier alpha value is -1.26. The molecule has 1 atom stereocenters. The molecule has 16 heavy (non-hydrogen) atoms. The van der Waals surface area contributed by atoms with E-state index in [0.717, 1.165) is 0 Å². The number of allylic oxidation sites excluding steroid dienone is 2. The van der Waals surface area contributed by atoms with E-state index >= 15 is 0 Å². The van der Waals surface area contributed by atoms with Gasteiger partial charge in [-0.2, -0.15) is 13.2 Å². The van der Waals surface area contributed by atoms with E-state index in [4.69, 9.17) is 0 Å². The number of hydrogen-bond donors (Lipinski definition) is 0. The van der Waals surface area contributed by atoms with Gasteiger partial charge >= 0.3 is 6.18 Å². The lowest BCUT2D eigenvalue weighted by Gasteiger charge is -2.18. The van der Waals surface area contributed by atoms with Crippen LogP contribution in [-0.4, -0.2) is 12.6 Å². The van der Waals surface area contributed by atoms with Crippen LogP contribution in [0.25, 0.3) is 0 Å². The highest BCUT2D eigenvalue weighted by atomic mass is 19.4. The minimum Gasteiger partial charge on any atom is -0.434 e. The first kappa shape index (κ1) is 14.7. The first-order chi connectivity index (χ1) is 7.41. The van der Waals surface area contributed by atoms with Crippen molar-refractivity contribution in [2.45, 2.75) is 31.9 Å². The minimum atomic E-state index is -4.21. The molecule has 0 spiro atoms. The number of hydrogen-bond acceptors (Lipinski definition) is 2. The summed E-state index contributed by atoms with van der Waals surface area (Å²) in [4.78, 5) is 9.90. The Bertz CT molecular complexity index is 246. The van der Waals surface area contributed by atoms with Crippen molar-refractivity contribution in [3.05, 3.63) is 25.0 Å². The Morgan fingerprint density at radius 2 is 2.06 bits per heavy atom. The van der Waals surface area contributed by atoms with Gasteiger partial charge in [0.05, 0.1) is 5.92 Å². The van der Waals surface area contributed by atoms with Crippen molar-refractivity contribution in [1.29, 1.82) is 0 Å². The average molecular weight is 236 g/mol. The molecule has 0 aliphatic heterocycles. The van der Waals surface area contributed by atoms with Crippen molar-refractivity contribution in [3.63, 3.8) is 0 Å². The highest BCUT2D eigenvalue weighted by Crippen LogP contribution is 2.33. The SMILES string of the molecule is C=CC[C@@H](CCCC(=C)OC=O)C(F)(F)F. The molecular formula is C11H15F3O2. The Morgan fingerprint density at radius 3 is 2.50 bits per heavy atom. The van der Waals surface area contributed by atoms with Gasteiger partial charge in [-0.3, -0.25) is 4.79 Å². The summed E-state index contributed by atoms with van der Waals surface area (Å²) >= 11 is 0. The number of carbonyl (C=O) groups is 1. The van der Waals surface area contributed by atoms with Crippen LogP contribution < -0.4 is 0 Å². The third-order valence-electron chi connectivity index (χ3n) is 2.14. The Kier molecular flexibility index (Phi) is 6.53. The third-order valence-corrected chi connectivity index (χ3v) is 2.14. The molecule has 0 aliphatic carbocycles. The summed E-state index contributed by atoms with van der Waals surface area (Å²) in [5.74, 6) is -1.19. The quantitative estimate of drug-likeness (QED) is 0.365. The first-order valence-electron chi connectivity index (χ1n) is 4.87. The fraction of sp³-hybridized carbons (Fsp3) is 0.545. The largest absolute Gasteiger partial charge is 0.434 e. The molecule has 0 aromatic heterocycles. The number of ether oxygens (including phenoxy) is 1. The van der Waals surface area contributed by atoms with E-state index in [0.29, 0.717) is 0 Å². The van der Waals surface area contributed by atoms with Gasteiger partial charge in [0.25, 0.3) is 6.47 Å². The van der Waals surface area contributed by atoms with Crippen LogP contribution in [0.2, 0.25) is 0 Å². The smallest absolute Gasteiger partial charge is 0.392 e. The van der Waals surface area contributed by atoms with Gasteiger partial charge in [0.15, 0.2) is 0 Å². The van der Waals surface area contributed by atoms with Gasteiger partial charge in [-0.15, -0.1) is 6.58 Å². The van der Waals surface area contributed by atoms with Crippen molar-refractivity contribution < 1.29 is 22.7 Å². The predicted octanol–water partition coefficient (Wildman–Crippen LogP) is 3.60.